The molecule has 0 radical (unpaired) electrons. The highest BCUT2D eigenvalue weighted by molar-refractivity contribution is 9.10. The quantitative estimate of drug-likeness (QED) is 0.748. The molecule has 0 aliphatic heterocycles. The summed E-state index contributed by atoms with van der Waals surface area (Å²) in [4.78, 5) is 13.8. The molecule has 3 nitrogen and oxygen atoms in total. The van der Waals surface area contributed by atoms with Gasteiger partial charge in [-0.15, -0.1) is 0 Å². The standard InChI is InChI=1S/C11H21BrN2O/c1-8(2)10(12)11(15)13-6-7-14(3)9-4-5-9/h8-10H,4-7H2,1-3H3,(H,13,15). The molecule has 1 atom stereocenters. The maximum absolute atomic E-state index is 11.6. The summed E-state index contributed by atoms with van der Waals surface area (Å²) in [5, 5.41) is 2.95. The molecule has 0 bridgehead atoms. The summed E-state index contributed by atoms with van der Waals surface area (Å²) in [6, 6.07) is 0.770. The van der Waals surface area contributed by atoms with Gasteiger partial charge in [0.2, 0.25) is 5.91 Å². The van der Waals surface area contributed by atoms with Crippen molar-refractivity contribution < 1.29 is 4.79 Å². The molecule has 4 heteroatoms. The van der Waals surface area contributed by atoms with E-state index >= 15 is 0 Å². The summed E-state index contributed by atoms with van der Waals surface area (Å²) in [6.45, 7) is 5.78. The second kappa shape index (κ2) is 5.85. The molecule has 1 aliphatic carbocycles. The summed E-state index contributed by atoms with van der Waals surface area (Å²) >= 11 is 3.39. The molecule has 0 aromatic rings. The number of carbonyl (C=O) groups is 1. The molecule has 88 valence electrons. The smallest absolute Gasteiger partial charge is 0.234 e. The van der Waals surface area contributed by atoms with Crippen LogP contribution in [-0.4, -0.2) is 41.8 Å². The van der Waals surface area contributed by atoms with E-state index in [0.29, 0.717) is 5.92 Å². The SMILES string of the molecule is CC(C)C(Br)C(=O)NCCN(C)C1CC1. The molecule has 1 saturated carbocycles. The van der Waals surface area contributed by atoms with Gasteiger partial charge < -0.3 is 10.2 Å². The lowest BCUT2D eigenvalue weighted by atomic mass is 10.1. The Morgan fingerprint density at radius 1 is 1.53 bits per heavy atom. The van der Waals surface area contributed by atoms with Crippen LogP contribution < -0.4 is 5.32 Å². The van der Waals surface area contributed by atoms with Gasteiger partial charge in [0.05, 0.1) is 4.83 Å². The fourth-order valence-corrected chi connectivity index (χ4v) is 1.62. The highest BCUT2D eigenvalue weighted by Gasteiger charge is 2.25. The third kappa shape index (κ3) is 4.51. The van der Waals surface area contributed by atoms with Crippen molar-refractivity contribution in [2.24, 2.45) is 5.92 Å². The molecule has 0 saturated heterocycles. The Morgan fingerprint density at radius 3 is 2.60 bits per heavy atom. The number of hydrogen-bond acceptors (Lipinski definition) is 2. The molecule has 0 spiro atoms. The first-order valence-electron chi connectivity index (χ1n) is 5.64. The number of halogens is 1. The van der Waals surface area contributed by atoms with Gasteiger partial charge in [0, 0.05) is 19.1 Å². The van der Waals surface area contributed by atoms with Crippen LogP contribution in [0.1, 0.15) is 26.7 Å². The van der Waals surface area contributed by atoms with Gasteiger partial charge in [-0.05, 0) is 25.8 Å². The van der Waals surface area contributed by atoms with E-state index in [2.05, 4.69) is 33.2 Å². The van der Waals surface area contributed by atoms with Crippen LogP contribution in [0.3, 0.4) is 0 Å². The van der Waals surface area contributed by atoms with Crippen LogP contribution >= 0.6 is 15.9 Å². The van der Waals surface area contributed by atoms with Crippen molar-refractivity contribution >= 4 is 21.8 Å². The van der Waals surface area contributed by atoms with Crippen molar-refractivity contribution in [1.82, 2.24) is 10.2 Å². The fraction of sp³-hybridized carbons (Fsp3) is 0.909. The van der Waals surface area contributed by atoms with E-state index in [0.717, 1.165) is 19.1 Å². The van der Waals surface area contributed by atoms with Crippen LogP contribution in [0.4, 0.5) is 0 Å². The second-order valence-corrected chi connectivity index (χ2v) is 5.64. The Bertz CT molecular complexity index is 217. The summed E-state index contributed by atoms with van der Waals surface area (Å²) < 4.78 is 0. The Labute approximate surface area is 101 Å². The Balaban J connectivity index is 2.10. The first-order valence-corrected chi connectivity index (χ1v) is 6.56. The predicted molar refractivity (Wildman–Crippen MR) is 66.2 cm³/mol. The molecule has 15 heavy (non-hydrogen) atoms. The summed E-state index contributed by atoms with van der Waals surface area (Å²) in [6.07, 6.45) is 2.63. The Hall–Kier alpha value is -0.0900. The van der Waals surface area contributed by atoms with Gasteiger partial charge in [0.15, 0.2) is 0 Å². The first kappa shape index (κ1) is 13.0. The zero-order valence-electron chi connectivity index (χ0n) is 9.79. The number of rotatable bonds is 6. The van der Waals surface area contributed by atoms with E-state index in [9.17, 15) is 4.79 Å². The minimum atomic E-state index is -0.0660. The van der Waals surface area contributed by atoms with Gasteiger partial charge in [0.1, 0.15) is 0 Å². The number of amides is 1. The molecule has 0 aromatic heterocycles. The van der Waals surface area contributed by atoms with E-state index < -0.39 is 0 Å². The Kier molecular flexibility index (Phi) is 5.06. The molecule has 0 heterocycles. The number of carbonyl (C=O) groups excluding carboxylic acids is 1. The van der Waals surface area contributed by atoms with E-state index in [1.807, 2.05) is 13.8 Å². The number of likely N-dealkylation sites (N-methyl/N-ethyl adjacent to an activating group) is 1. The van der Waals surface area contributed by atoms with E-state index in [1.54, 1.807) is 0 Å². The van der Waals surface area contributed by atoms with Gasteiger partial charge in [-0.2, -0.15) is 0 Å². The van der Waals surface area contributed by atoms with Crippen molar-refractivity contribution in [3.63, 3.8) is 0 Å². The van der Waals surface area contributed by atoms with Crippen LogP contribution in [0.2, 0.25) is 0 Å². The van der Waals surface area contributed by atoms with Gasteiger partial charge in [-0.25, -0.2) is 0 Å². The Morgan fingerprint density at radius 2 is 2.13 bits per heavy atom. The lowest BCUT2D eigenvalue weighted by Gasteiger charge is -2.18. The molecule has 1 aliphatic rings. The van der Waals surface area contributed by atoms with Gasteiger partial charge in [-0.1, -0.05) is 29.8 Å². The van der Waals surface area contributed by atoms with Crippen LogP contribution in [-0.2, 0) is 4.79 Å². The largest absolute Gasteiger partial charge is 0.354 e. The number of nitrogens with one attached hydrogen (secondary N) is 1. The summed E-state index contributed by atoms with van der Waals surface area (Å²) in [7, 11) is 2.12. The van der Waals surface area contributed by atoms with Crippen molar-refractivity contribution in [2.75, 3.05) is 20.1 Å². The van der Waals surface area contributed by atoms with E-state index in [4.69, 9.17) is 0 Å². The normalized spacial score (nSPS) is 18.3. The van der Waals surface area contributed by atoms with Crippen molar-refractivity contribution in [3.8, 4) is 0 Å². The van der Waals surface area contributed by atoms with Crippen molar-refractivity contribution in [2.45, 2.75) is 37.6 Å². The molecule has 1 unspecified atom stereocenters. The van der Waals surface area contributed by atoms with E-state index in [1.165, 1.54) is 12.8 Å². The zero-order valence-corrected chi connectivity index (χ0v) is 11.4. The van der Waals surface area contributed by atoms with Gasteiger partial charge >= 0.3 is 0 Å². The highest BCUT2D eigenvalue weighted by Crippen LogP contribution is 2.24. The third-order valence-corrected chi connectivity index (χ3v) is 4.24. The number of hydrogen-bond donors (Lipinski definition) is 1. The minimum absolute atomic E-state index is 0.0660. The number of nitrogens with zero attached hydrogens (tertiary/aromatic N) is 1. The second-order valence-electron chi connectivity index (χ2n) is 4.65. The molecule has 1 amide bonds. The predicted octanol–water partition coefficient (Wildman–Crippen LogP) is 1.62. The highest BCUT2D eigenvalue weighted by atomic mass is 79.9. The molecule has 1 fully saturated rings. The number of alkyl halides is 1. The lowest BCUT2D eigenvalue weighted by Crippen LogP contribution is -2.39. The first-order chi connectivity index (χ1) is 7.02. The van der Waals surface area contributed by atoms with Gasteiger partial charge in [0.25, 0.3) is 0 Å². The van der Waals surface area contributed by atoms with Crippen molar-refractivity contribution in [1.29, 1.82) is 0 Å². The molecule has 1 rings (SSSR count). The molecular formula is C11H21BrN2O. The summed E-state index contributed by atoms with van der Waals surface area (Å²) in [5.41, 5.74) is 0. The zero-order chi connectivity index (χ0) is 11.4. The monoisotopic (exact) mass is 276 g/mol. The average Bonchev–Trinajstić information content (AvgIpc) is 2.99. The topological polar surface area (TPSA) is 32.3 Å². The molecular weight excluding hydrogens is 256 g/mol. The van der Waals surface area contributed by atoms with Crippen molar-refractivity contribution in [3.05, 3.63) is 0 Å². The van der Waals surface area contributed by atoms with E-state index in [-0.39, 0.29) is 10.7 Å². The van der Waals surface area contributed by atoms with Gasteiger partial charge in [-0.3, -0.25) is 4.79 Å². The fourth-order valence-electron chi connectivity index (χ4n) is 1.45. The average molecular weight is 277 g/mol. The van der Waals surface area contributed by atoms with Crippen LogP contribution in [0.5, 0.6) is 0 Å². The van der Waals surface area contributed by atoms with Crippen LogP contribution in [0.25, 0.3) is 0 Å². The molecule has 1 N–H and O–H groups in total. The van der Waals surface area contributed by atoms with Crippen LogP contribution in [0, 0.1) is 5.92 Å². The minimum Gasteiger partial charge on any atom is -0.354 e. The van der Waals surface area contributed by atoms with Crippen LogP contribution in [0.15, 0.2) is 0 Å². The third-order valence-electron chi connectivity index (χ3n) is 2.77. The summed E-state index contributed by atoms with van der Waals surface area (Å²) in [5.74, 6) is 0.445. The molecule has 0 aromatic carbocycles. The maximum Gasteiger partial charge on any atom is 0.234 e. The lowest BCUT2D eigenvalue weighted by molar-refractivity contribution is -0.121. The maximum atomic E-state index is 11.6.